The Labute approximate surface area is 127 Å². The molecule has 0 atom stereocenters. The summed E-state index contributed by atoms with van der Waals surface area (Å²) in [6.45, 7) is 1.33. The van der Waals surface area contributed by atoms with Crippen LogP contribution in [0.3, 0.4) is 0 Å². The van der Waals surface area contributed by atoms with Crippen molar-refractivity contribution in [1.82, 2.24) is 5.16 Å². The molecule has 1 amide bonds. The molecule has 0 fully saturated rings. The molecule has 0 unspecified atom stereocenters. The van der Waals surface area contributed by atoms with E-state index in [4.69, 9.17) is 9.26 Å². The summed E-state index contributed by atoms with van der Waals surface area (Å²) in [6.07, 6.45) is 3.29. The molecule has 0 saturated heterocycles. The van der Waals surface area contributed by atoms with Gasteiger partial charge in [0.25, 0.3) is 5.91 Å². The Balaban J connectivity index is 1.53. The zero-order chi connectivity index (χ0) is 15.5. The van der Waals surface area contributed by atoms with Gasteiger partial charge in [-0.3, -0.25) is 4.79 Å². The fourth-order valence-electron chi connectivity index (χ4n) is 2.51. The molecule has 1 aromatic heterocycles. The van der Waals surface area contributed by atoms with Crippen LogP contribution < -0.4 is 5.32 Å². The molecule has 3 rings (SSSR count). The van der Waals surface area contributed by atoms with Crippen molar-refractivity contribution in [3.63, 3.8) is 0 Å². The highest BCUT2D eigenvalue weighted by atomic mass is 16.6. The molecular weight excluding hydrogens is 284 g/mol. The molecule has 0 saturated carbocycles. The molecule has 1 aliphatic rings. The van der Waals surface area contributed by atoms with Gasteiger partial charge in [0.05, 0.1) is 5.69 Å². The topological polar surface area (TPSA) is 81.4 Å². The average Bonchev–Trinajstić information content (AvgIpc) is 3.13. The van der Waals surface area contributed by atoms with Gasteiger partial charge in [-0.05, 0) is 49.4 Å². The molecule has 22 heavy (non-hydrogen) atoms. The number of nitrogens with zero attached hydrogens (tertiary/aromatic N) is 1. The molecule has 6 heteroatoms. The van der Waals surface area contributed by atoms with E-state index in [0.717, 1.165) is 24.9 Å². The van der Waals surface area contributed by atoms with Crippen LogP contribution in [0, 0.1) is 6.92 Å². The van der Waals surface area contributed by atoms with Gasteiger partial charge in [0.2, 0.25) is 5.76 Å². The van der Waals surface area contributed by atoms with Crippen molar-refractivity contribution in [3.05, 3.63) is 46.8 Å². The fourth-order valence-corrected chi connectivity index (χ4v) is 2.51. The van der Waals surface area contributed by atoms with E-state index in [-0.39, 0.29) is 18.3 Å². The first-order chi connectivity index (χ1) is 10.6. The first-order valence-electron chi connectivity index (χ1n) is 7.14. The molecule has 0 bridgehead atoms. The van der Waals surface area contributed by atoms with Crippen LogP contribution in [0.15, 0.2) is 28.8 Å². The number of fused-ring (bicyclic) bond motifs is 1. The van der Waals surface area contributed by atoms with E-state index in [1.807, 2.05) is 18.2 Å². The smallest absolute Gasteiger partial charge is 0.377 e. The van der Waals surface area contributed by atoms with Crippen molar-refractivity contribution in [2.45, 2.75) is 26.2 Å². The summed E-state index contributed by atoms with van der Waals surface area (Å²) in [6, 6.07) is 7.33. The molecule has 2 aromatic rings. The van der Waals surface area contributed by atoms with E-state index in [0.29, 0.717) is 5.69 Å². The van der Waals surface area contributed by atoms with Crippen molar-refractivity contribution >= 4 is 17.6 Å². The van der Waals surface area contributed by atoms with Gasteiger partial charge in [0.15, 0.2) is 6.61 Å². The Morgan fingerprint density at radius 3 is 2.86 bits per heavy atom. The van der Waals surface area contributed by atoms with Crippen LogP contribution in [-0.4, -0.2) is 23.6 Å². The van der Waals surface area contributed by atoms with Gasteiger partial charge in [0.1, 0.15) is 0 Å². The number of carbonyl (C=O) groups excluding carboxylic acids is 2. The van der Waals surface area contributed by atoms with Crippen LogP contribution in [0.25, 0.3) is 0 Å². The number of benzene rings is 1. The molecule has 1 aliphatic carbocycles. The average molecular weight is 300 g/mol. The Bertz CT molecular complexity index is 721. The molecule has 1 N–H and O–H groups in total. The minimum atomic E-state index is -0.704. The SMILES string of the molecule is Cc1cc(C(=O)OCC(=O)Nc2ccc3c(c2)CCC3)on1. The highest BCUT2D eigenvalue weighted by Crippen LogP contribution is 2.24. The zero-order valence-corrected chi connectivity index (χ0v) is 12.2. The number of anilines is 1. The van der Waals surface area contributed by atoms with Gasteiger partial charge in [-0.25, -0.2) is 4.79 Å². The lowest BCUT2D eigenvalue weighted by Gasteiger charge is -2.07. The summed E-state index contributed by atoms with van der Waals surface area (Å²) in [5, 5.41) is 6.31. The van der Waals surface area contributed by atoms with Crippen LogP contribution in [0.4, 0.5) is 5.69 Å². The van der Waals surface area contributed by atoms with E-state index in [1.54, 1.807) is 6.92 Å². The molecule has 0 radical (unpaired) electrons. The van der Waals surface area contributed by atoms with Crippen molar-refractivity contribution in [3.8, 4) is 0 Å². The largest absolute Gasteiger partial charge is 0.450 e. The summed E-state index contributed by atoms with van der Waals surface area (Å²) >= 11 is 0. The van der Waals surface area contributed by atoms with Crippen LogP contribution in [-0.2, 0) is 22.4 Å². The van der Waals surface area contributed by atoms with Crippen LogP contribution >= 0.6 is 0 Å². The monoisotopic (exact) mass is 300 g/mol. The third-order valence-electron chi connectivity index (χ3n) is 3.55. The summed E-state index contributed by atoms with van der Waals surface area (Å²) in [4.78, 5) is 23.5. The Morgan fingerprint density at radius 2 is 2.09 bits per heavy atom. The molecule has 1 aromatic carbocycles. The number of aryl methyl sites for hydroxylation is 3. The normalized spacial score (nSPS) is 12.8. The van der Waals surface area contributed by atoms with Crippen molar-refractivity contribution in [1.29, 1.82) is 0 Å². The highest BCUT2D eigenvalue weighted by molar-refractivity contribution is 5.94. The maximum absolute atomic E-state index is 11.8. The van der Waals surface area contributed by atoms with Crippen molar-refractivity contribution in [2.24, 2.45) is 0 Å². The standard InChI is InChI=1S/C16H16N2O4/c1-10-7-14(22-18-10)16(20)21-9-15(19)17-13-6-5-11-3-2-4-12(11)8-13/h5-8H,2-4,9H2,1H3,(H,17,19). The predicted octanol–water partition coefficient (Wildman–Crippen LogP) is 2.27. The quantitative estimate of drug-likeness (QED) is 0.876. The lowest BCUT2D eigenvalue weighted by Crippen LogP contribution is -2.20. The second-order valence-corrected chi connectivity index (χ2v) is 5.29. The summed E-state index contributed by atoms with van der Waals surface area (Å²) in [5.41, 5.74) is 3.91. The van der Waals surface area contributed by atoms with Crippen molar-refractivity contribution < 1.29 is 18.8 Å². The van der Waals surface area contributed by atoms with Gasteiger partial charge in [0, 0.05) is 11.8 Å². The molecule has 6 nitrogen and oxygen atoms in total. The summed E-state index contributed by atoms with van der Waals surface area (Å²) in [7, 11) is 0. The fraction of sp³-hybridized carbons (Fsp3) is 0.312. The zero-order valence-electron chi connectivity index (χ0n) is 12.2. The lowest BCUT2D eigenvalue weighted by molar-refractivity contribution is -0.119. The Morgan fingerprint density at radius 1 is 1.27 bits per heavy atom. The van der Waals surface area contributed by atoms with E-state index < -0.39 is 5.97 Å². The molecule has 1 heterocycles. The lowest BCUT2D eigenvalue weighted by atomic mass is 10.1. The van der Waals surface area contributed by atoms with Gasteiger partial charge >= 0.3 is 5.97 Å². The first-order valence-corrected chi connectivity index (χ1v) is 7.14. The number of carbonyl (C=O) groups is 2. The minimum absolute atomic E-state index is 0.0113. The molecule has 114 valence electrons. The number of esters is 1. The predicted molar refractivity (Wildman–Crippen MR) is 78.6 cm³/mol. The maximum atomic E-state index is 11.8. The first kappa shape index (κ1) is 14.3. The van der Waals surface area contributed by atoms with Gasteiger partial charge in [-0.1, -0.05) is 11.2 Å². The third kappa shape index (κ3) is 3.16. The number of rotatable bonds is 4. The minimum Gasteiger partial charge on any atom is -0.450 e. The van der Waals surface area contributed by atoms with Gasteiger partial charge in [-0.2, -0.15) is 0 Å². The number of ether oxygens (including phenoxy) is 1. The number of hydrogen-bond acceptors (Lipinski definition) is 5. The maximum Gasteiger partial charge on any atom is 0.377 e. The Hall–Kier alpha value is -2.63. The van der Waals surface area contributed by atoms with E-state index in [2.05, 4.69) is 10.5 Å². The van der Waals surface area contributed by atoms with Crippen molar-refractivity contribution in [2.75, 3.05) is 11.9 Å². The molecule has 0 spiro atoms. The summed E-state index contributed by atoms with van der Waals surface area (Å²) < 4.78 is 9.65. The second kappa shape index (κ2) is 6.01. The number of hydrogen-bond donors (Lipinski definition) is 1. The number of amides is 1. The van der Waals surface area contributed by atoms with Gasteiger partial charge in [-0.15, -0.1) is 0 Å². The van der Waals surface area contributed by atoms with E-state index >= 15 is 0 Å². The number of nitrogens with one attached hydrogen (secondary N) is 1. The number of aromatic nitrogens is 1. The highest BCUT2D eigenvalue weighted by Gasteiger charge is 2.16. The molecular formula is C16H16N2O4. The third-order valence-corrected chi connectivity index (χ3v) is 3.55. The summed E-state index contributed by atoms with van der Waals surface area (Å²) in [5.74, 6) is -1.10. The Kier molecular flexibility index (Phi) is 3.91. The second-order valence-electron chi connectivity index (χ2n) is 5.29. The van der Waals surface area contributed by atoms with Crippen LogP contribution in [0.2, 0.25) is 0 Å². The molecule has 0 aliphatic heterocycles. The van der Waals surface area contributed by atoms with E-state index in [9.17, 15) is 9.59 Å². The van der Waals surface area contributed by atoms with Crippen LogP contribution in [0.1, 0.15) is 33.8 Å². The van der Waals surface area contributed by atoms with Crippen LogP contribution in [0.5, 0.6) is 0 Å². The van der Waals surface area contributed by atoms with E-state index in [1.165, 1.54) is 17.2 Å². The van der Waals surface area contributed by atoms with Gasteiger partial charge < -0.3 is 14.6 Å².